The van der Waals surface area contributed by atoms with Crippen LogP contribution in [0.3, 0.4) is 0 Å². The van der Waals surface area contributed by atoms with Gasteiger partial charge in [-0.15, -0.1) is 0 Å². The zero-order valence-corrected chi connectivity index (χ0v) is 29.0. The van der Waals surface area contributed by atoms with E-state index in [4.69, 9.17) is 26.2 Å². The molecule has 2 saturated carbocycles. The summed E-state index contributed by atoms with van der Waals surface area (Å²) in [6.07, 6.45) is 1.34. The standard InChI is InChI=1S/C35H44ClN3O10S/c36-28-11-10-24(50(46,47)39-15-4-3-7-32(43)38-19-29(41)33(44)34(45)30(42)20-40)17-22(28)21-48-35(13-14-35)27-18-37-16-12-25(27)26-5-1-2-6-31(26)49-23-8-9-23/h1-2,5-6,10-12,16-18,23,29-30,33-34,39-42,44-45H,3-4,7-9,13-15,19-21H2,(H,38,43). The second kappa shape index (κ2) is 16.9. The first-order valence-electron chi connectivity index (χ1n) is 16.7. The highest BCUT2D eigenvalue weighted by molar-refractivity contribution is 7.89. The maximum absolute atomic E-state index is 13.1. The zero-order valence-electron chi connectivity index (χ0n) is 27.4. The molecule has 1 amide bonds. The number of para-hydroxylation sites is 1. The van der Waals surface area contributed by atoms with Gasteiger partial charge in [-0.2, -0.15) is 0 Å². The van der Waals surface area contributed by atoms with E-state index in [0.717, 1.165) is 48.1 Å². The van der Waals surface area contributed by atoms with Crippen molar-refractivity contribution in [3.8, 4) is 16.9 Å². The fourth-order valence-electron chi connectivity index (χ4n) is 5.49. The average Bonchev–Trinajstić information content (AvgIpc) is 4.07. The Bertz CT molecular complexity index is 1720. The number of pyridine rings is 1. The first kappa shape index (κ1) is 38.1. The monoisotopic (exact) mass is 733 g/mol. The van der Waals surface area contributed by atoms with Crippen LogP contribution in [-0.4, -0.2) is 95.1 Å². The molecule has 2 aliphatic rings. The summed E-state index contributed by atoms with van der Waals surface area (Å²) in [5, 5.41) is 50.4. The third-order valence-electron chi connectivity index (χ3n) is 8.80. The quantitative estimate of drug-likeness (QED) is 0.0838. The van der Waals surface area contributed by atoms with Crippen molar-refractivity contribution in [2.45, 2.75) is 92.6 Å². The summed E-state index contributed by atoms with van der Waals surface area (Å²) in [4.78, 5) is 16.5. The summed E-state index contributed by atoms with van der Waals surface area (Å²) in [5.74, 6) is 0.363. The smallest absolute Gasteiger partial charge is 0.240 e. The van der Waals surface area contributed by atoms with Gasteiger partial charge in [-0.25, -0.2) is 13.1 Å². The number of unbranched alkanes of at least 4 members (excludes halogenated alkanes) is 1. The SMILES string of the molecule is O=C(CCCCNS(=O)(=O)c1ccc(Cl)c(COC2(c3cnccc3-c3ccccc3OC3CC3)CC2)c1)NCC(O)C(O)C(O)C(O)CO. The fraction of sp³-hybridized carbons (Fsp3) is 0.486. The van der Waals surface area contributed by atoms with Crippen molar-refractivity contribution in [3.63, 3.8) is 0 Å². The molecule has 2 aliphatic carbocycles. The van der Waals surface area contributed by atoms with E-state index in [1.807, 2.05) is 36.5 Å². The predicted molar refractivity (Wildman–Crippen MR) is 184 cm³/mol. The van der Waals surface area contributed by atoms with Gasteiger partial charge in [0.05, 0.1) is 35.9 Å². The summed E-state index contributed by atoms with van der Waals surface area (Å²) in [6, 6.07) is 14.3. The molecule has 13 nitrogen and oxygen atoms in total. The number of aliphatic hydroxyl groups is 5. The number of aromatic nitrogens is 1. The van der Waals surface area contributed by atoms with Crippen molar-refractivity contribution in [2.75, 3.05) is 19.7 Å². The first-order valence-corrected chi connectivity index (χ1v) is 18.5. The number of aliphatic hydroxyl groups excluding tert-OH is 5. The van der Waals surface area contributed by atoms with Crippen molar-refractivity contribution in [1.29, 1.82) is 0 Å². The molecule has 50 heavy (non-hydrogen) atoms. The lowest BCUT2D eigenvalue weighted by molar-refractivity contribution is -0.126. The summed E-state index contributed by atoms with van der Waals surface area (Å²) < 4.78 is 41.4. The van der Waals surface area contributed by atoms with Gasteiger partial charge in [-0.1, -0.05) is 29.8 Å². The van der Waals surface area contributed by atoms with Crippen LogP contribution >= 0.6 is 11.6 Å². The number of sulfonamides is 1. The third-order valence-corrected chi connectivity index (χ3v) is 10.6. The number of nitrogens with zero attached hydrogens (tertiary/aromatic N) is 1. The van der Waals surface area contributed by atoms with E-state index in [0.29, 0.717) is 23.4 Å². The second-order valence-corrected chi connectivity index (χ2v) is 14.9. The van der Waals surface area contributed by atoms with Gasteiger partial charge in [0.2, 0.25) is 15.9 Å². The Balaban J connectivity index is 1.12. The molecule has 5 rings (SSSR count). The maximum Gasteiger partial charge on any atom is 0.240 e. The van der Waals surface area contributed by atoms with Crippen LogP contribution in [0.25, 0.3) is 11.1 Å². The Hall–Kier alpha value is -3.18. The van der Waals surface area contributed by atoms with Gasteiger partial charge in [0.25, 0.3) is 0 Å². The molecule has 3 aromatic rings. The number of hydrogen-bond acceptors (Lipinski definition) is 11. The molecule has 2 fully saturated rings. The largest absolute Gasteiger partial charge is 0.490 e. The maximum atomic E-state index is 13.1. The molecule has 2 aromatic carbocycles. The minimum Gasteiger partial charge on any atom is -0.490 e. The van der Waals surface area contributed by atoms with E-state index in [-0.39, 0.29) is 30.6 Å². The van der Waals surface area contributed by atoms with Crippen LogP contribution in [0.4, 0.5) is 0 Å². The van der Waals surface area contributed by atoms with E-state index in [1.165, 1.54) is 18.2 Å². The number of carbonyl (C=O) groups is 1. The normalized spacial score (nSPS) is 17.8. The molecule has 0 bridgehead atoms. The van der Waals surface area contributed by atoms with Crippen molar-refractivity contribution < 1.29 is 48.2 Å². The van der Waals surface area contributed by atoms with Crippen LogP contribution in [0, 0.1) is 0 Å². The summed E-state index contributed by atoms with van der Waals surface area (Å²) in [5.41, 5.74) is 2.80. The number of nitrogens with one attached hydrogen (secondary N) is 2. The lowest BCUT2D eigenvalue weighted by Gasteiger charge is -2.25. The number of amides is 1. The van der Waals surface area contributed by atoms with Gasteiger partial charge >= 0.3 is 0 Å². The number of halogens is 1. The van der Waals surface area contributed by atoms with E-state index in [1.54, 1.807) is 6.20 Å². The van der Waals surface area contributed by atoms with E-state index >= 15 is 0 Å². The lowest BCUT2D eigenvalue weighted by atomic mass is 9.96. The van der Waals surface area contributed by atoms with Crippen molar-refractivity contribution in [2.24, 2.45) is 0 Å². The van der Waals surface area contributed by atoms with Crippen LogP contribution in [-0.2, 0) is 31.8 Å². The molecule has 1 heterocycles. The number of carbonyl (C=O) groups excluding carboxylic acids is 1. The highest BCUT2D eigenvalue weighted by Gasteiger charge is 2.48. The molecular formula is C35H44ClN3O10S. The Kier molecular flexibility index (Phi) is 12.9. The Labute approximate surface area is 296 Å². The summed E-state index contributed by atoms with van der Waals surface area (Å²) in [6.45, 7) is -1.05. The van der Waals surface area contributed by atoms with Gasteiger partial charge in [-0.3, -0.25) is 9.78 Å². The summed E-state index contributed by atoms with van der Waals surface area (Å²) >= 11 is 6.49. The van der Waals surface area contributed by atoms with Crippen LogP contribution < -0.4 is 14.8 Å². The van der Waals surface area contributed by atoms with Gasteiger partial charge in [-0.05, 0) is 80.0 Å². The number of benzene rings is 2. The molecule has 15 heteroatoms. The fourth-order valence-corrected chi connectivity index (χ4v) is 6.79. The van der Waals surface area contributed by atoms with Crippen LogP contribution in [0.15, 0.2) is 65.8 Å². The van der Waals surface area contributed by atoms with Crippen molar-refractivity contribution >= 4 is 27.5 Å². The van der Waals surface area contributed by atoms with Crippen LogP contribution in [0.1, 0.15) is 56.1 Å². The highest BCUT2D eigenvalue weighted by Crippen LogP contribution is 2.53. The third kappa shape index (κ3) is 9.78. The van der Waals surface area contributed by atoms with E-state index in [2.05, 4.69) is 15.0 Å². The zero-order chi connectivity index (χ0) is 35.9. The van der Waals surface area contributed by atoms with Crippen molar-refractivity contribution in [1.82, 2.24) is 15.0 Å². The van der Waals surface area contributed by atoms with E-state index in [9.17, 15) is 33.6 Å². The van der Waals surface area contributed by atoms with Gasteiger partial charge in [0.15, 0.2) is 0 Å². The molecule has 0 spiro atoms. The minimum absolute atomic E-state index is 0.0221. The minimum atomic E-state index is -3.90. The van der Waals surface area contributed by atoms with Crippen molar-refractivity contribution in [3.05, 3.63) is 77.1 Å². The first-order chi connectivity index (χ1) is 23.9. The molecule has 1 aromatic heterocycles. The topological polar surface area (TPSA) is 208 Å². The van der Waals surface area contributed by atoms with Gasteiger partial charge in [0, 0.05) is 48.1 Å². The predicted octanol–water partition coefficient (Wildman–Crippen LogP) is 2.15. The van der Waals surface area contributed by atoms with E-state index < -0.39 is 59.1 Å². The lowest BCUT2D eigenvalue weighted by Crippen LogP contribution is -2.49. The highest BCUT2D eigenvalue weighted by atomic mass is 35.5. The molecule has 7 N–H and O–H groups in total. The second-order valence-electron chi connectivity index (χ2n) is 12.7. The molecule has 0 saturated heterocycles. The number of ether oxygens (including phenoxy) is 2. The molecular weight excluding hydrogens is 690 g/mol. The Morgan fingerprint density at radius 1 is 1.00 bits per heavy atom. The van der Waals surface area contributed by atoms with Crippen LogP contribution in [0.5, 0.6) is 5.75 Å². The number of rotatable bonds is 20. The molecule has 0 radical (unpaired) electrons. The molecule has 0 aliphatic heterocycles. The van der Waals surface area contributed by atoms with Gasteiger partial charge in [0.1, 0.15) is 24.1 Å². The molecule has 272 valence electrons. The summed E-state index contributed by atoms with van der Waals surface area (Å²) in [7, 11) is -3.90. The molecule has 4 atom stereocenters. The number of hydrogen-bond donors (Lipinski definition) is 7. The molecule has 4 unspecified atom stereocenters. The van der Waals surface area contributed by atoms with Crippen LogP contribution in [0.2, 0.25) is 5.02 Å². The average molecular weight is 734 g/mol. The Morgan fingerprint density at radius 3 is 2.46 bits per heavy atom. The van der Waals surface area contributed by atoms with Gasteiger partial charge < -0.3 is 40.3 Å². The Morgan fingerprint density at radius 2 is 1.74 bits per heavy atom.